The molecule has 0 heterocycles. The first kappa shape index (κ1) is 13.2. The summed E-state index contributed by atoms with van der Waals surface area (Å²) in [5.41, 5.74) is 5.62. The summed E-state index contributed by atoms with van der Waals surface area (Å²) in [5.74, 6) is 1.06. The first-order valence-corrected chi connectivity index (χ1v) is 7.58. The molecule has 0 spiro atoms. The van der Waals surface area contributed by atoms with E-state index >= 15 is 0 Å². The normalized spacial score (nSPS) is 25.3. The third kappa shape index (κ3) is 2.56. The van der Waals surface area contributed by atoms with Gasteiger partial charge in [-0.1, -0.05) is 67.6 Å². The van der Waals surface area contributed by atoms with Gasteiger partial charge in [-0.3, -0.25) is 0 Å². The Morgan fingerprint density at radius 1 is 1.00 bits per heavy atom. The standard InChI is InChI=1S/C20H22/c1-15-8-6-7-11-19(15)20-14-18(13-12-16(20)2)17-9-4-3-5-10-17/h4,6-14,16,20H,3,5H2,1-2H3. The Balaban J connectivity index is 1.97. The van der Waals surface area contributed by atoms with Crippen LogP contribution in [0.2, 0.25) is 0 Å². The zero-order valence-corrected chi connectivity index (χ0v) is 12.3. The molecule has 0 bridgehead atoms. The van der Waals surface area contributed by atoms with Crippen molar-refractivity contribution in [3.05, 3.63) is 83.0 Å². The number of hydrogen-bond acceptors (Lipinski definition) is 0. The molecule has 0 saturated carbocycles. The molecule has 0 aliphatic heterocycles. The average molecular weight is 262 g/mol. The molecule has 3 rings (SSSR count). The van der Waals surface area contributed by atoms with Crippen LogP contribution in [0.25, 0.3) is 0 Å². The molecule has 0 amide bonds. The fourth-order valence-corrected chi connectivity index (χ4v) is 3.13. The van der Waals surface area contributed by atoms with E-state index in [9.17, 15) is 0 Å². The molecule has 2 aliphatic carbocycles. The lowest BCUT2D eigenvalue weighted by Crippen LogP contribution is -2.11. The zero-order valence-electron chi connectivity index (χ0n) is 12.3. The topological polar surface area (TPSA) is 0 Å². The summed E-state index contributed by atoms with van der Waals surface area (Å²) in [6.45, 7) is 4.53. The molecule has 0 saturated heterocycles. The molecule has 0 nitrogen and oxygen atoms in total. The highest BCUT2D eigenvalue weighted by atomic mass is 14.2. The Labute approximate surface area is 122 Å². The number of allylic oxidation sites excluding steroid dienone is 8. The summed E-state index contributed by atoms with van der Waals surface area (Å²) >= 11 is 0. The molecule has 0 N–H and O–H groups in total. The minimum Gasteiger partial charge on any atom is -0.0836 e. The van der Waals surface area contributed by atoms with Crippen LogP contribution >= 0.6 is 0 Å². The van der Waals surface area contributed by atoms with Gasteiger partial charge in [-0.15, -0.1) is 0 Å². The Kier molecular flexibility index (Phi) is 3.73. The van der Waals surface area contributed by atoms with Gasteiger partial charge in [0.2, 0.25) is 0 Å². The largest absolute Gasteiger partial charge is 0.0836 e. The van der Waals surface area contributed by atoms with Crippen molar-refractivity contribution >= 4 is 0 Å². The van der Waals surface area contributed by atoms with Crippen molar-refractivity contribution in [1.82, 2.24) is 0 Å². The van der Waals surface area contributed by atoms with Gasteiger partial charge in [-0.25, -0.2) is 0 Å². The van der Waals surface area contributed by atoms with Crippen LogP contribution in [0.1, 0.15) is 36.8 Å². The maximum Gasteiger partial charge on any atom is 0.00900 e. The fraction of sp³-hybridized carbons (Fsp3) is 0.300. The van der Waals surface area contributed by atoms with Crippen LogP contribution in [0.5, 0.6) is 0 Å². The van der Waals surface area contributed by atoms with Crippen LogP contribution in [0.15, 0.2) is 71.9 Å². The van der Waals surface area contributed by atoms with Gasteiger partial charge in [0.15, 0.2) is 0 Å². The molecule has 102 valence electrons. The van der Waals surface area contributed by atoms with E-state index in [0.717, 1.165) is 0 Å². The highest BCUT2D eigenvalue weighted by molar-refractivity contribution is 5.51. The fourth-order valence-electron chi connectivity index (χ4n) is 3.13. The van der Waals surface area contributed by atoms with E-state index in [1.54, 1.807) is 0 Å². The summed E-state index contributed by atoms with van der Waals surface area (Å²) in [6, 6.07) is 8.77. The highest BCUT2D eigenvalue weighted by Crippen LogP contribution is 2.36. The van der Waals surface area contributed by atoms with Gasteiger partial charge in [0.05, 0.1) is 0 Å². The monoisotopic (exact) mass is 262 g/mol. The van der Waals surface area contributed by atoms with Crippen molar-refractivity contribution in [3.8, 4) is 0 Å². The van der Waals surface area contributed by atoms with Gasteiger partial charge < -0.3 is 0 Å². The zero-order chi connectivity index (χ0) is 13.9. The molecule has 0 heteroatoms. The first-order valence-electron chi connectivity index (χ1n) is 7.58. The van der Waals surface area contributed by atoms with Gasteiger partial charge in [-0.2, -0.15) is 0 Å². The third-order valence-electron chi connectivity index (χ3n) is 4.38. The van der Waals surface area contributed by atoms with Crippen LogP contribution in [0.3, 0.4) is 0 Å². The van der Waals surface area contributed by atoms with E-state index in [1.807, 2.05) is 0 Å². The van der Waals surface area contributed by atoms with Crippen LogP contribution in [-0.4, -0.2) is 0 Å². The average Bonchev–Trinajstić information content (AvgIpc) is 2.49. The van der Waals surface area contributed by atoms with Crippen LogP contribution in [-0.2, 0) is 0 Å². The third-order valence-corrected chi connectivity index (χ3v) is 4.38. The Morgan fingerprint density at radius 3 is 2.60 bits per heavy atom. The van der Waals surface area contributed by atoms with E-state index in [-0.39, 0.29) is 0 Å². The molecule has 1 aromatic carbocycles. The van der Waals surface area contributed by atoms with Crippen molar-refractivity contribution in [3.63, 3.8) is 0 Å². The lowest BCUT2D eigenvalue weighted by atomic mass is 9.79. The molecular weight excluding hydrogens is 240 g/mol. The maximum absolute atomic E-state index is 2.45. The Morgan fingerprint density at radius 2 is 1.85 bits per heavy atom. The van der Waals surface area contributed by atoms with Gasteiger partial charge in [0, 0.05) is 5.92 Å². The molecule has 1 aromatic rings. The number of rotatable bonds is 2. The molecule has 0 fully saturated rings. The van der Waals surface area contributed by atoms with Crippen molar-refractivity contribution < 1.29 is 0 Å². The van der Waals surface area contributed by atoms with E-state index in [2.05, 4.69) is 74.6 Å². The number of hydrogen-bond donors (Lipinski definition) is 0. The van der Waals surface area contributed by atoms with E-state index in [0.29, 0.717) is 11.8 Å². The molecule has 2 unspecified atom stereocenters. The highest BCUT2D eigenvalue weighted by Gasteiger charge is 2.21. The smallest absolute Gasteiger partial charge is 0.00900 e. The SMILES string of the molecule is Cc1ccccc1C1C=C(C2=CCCC=C2)C=CC1C. The van der Waals surface area contributed by atoms with Crippen molar-refractivity contribution in [2.45, 2.75) is 32.6 Å². The van der Waals surface area contributed by atoms with Gasteiger partial charge in [-0.05, 0) is 48.0 Å². The summed E-state index contributed by atoms with van der Waals surface area (Å²) < 4.78 is 0. The van der Waals surface area contributed by atoms with E-state index < -0.39 is 0 Å². The molecule has 2 atom stereocenters. The van der Waals surface area contributed by atoms with Gasteiger partial charge in [0.25, 0.3) is 0 Å². The quantitative estimate of drug-likeness (QED) is 0.661. The van der Waals surface area contributed by atoms with Crippen LogP contribution < -0.4 is 0 Å². The van der Waals surface area contributed by atoms with Gasteiger partial charge >= 0.3 is 0 Å². The number of aryl methyl sites for hydroxylation is 1. The van der Waals surface area contributed by atoms with Gasteiger partial charge in [0.1, 0.15) is 0 Å². The molecule has 20 heavy (non-hydrogen) atoms. The second-order valence-corrected chi connectivity index (χ2v) is 5.86. The summed E-state index contributed by atoms with van der Waals surface area (Å²) in [6.07, 6.45) is 16.4. The maximum atomic E-state index is 2.45. The minimum atomic E-state index is 0.493. The first-order chi connectivity index (χ1) is 9.75. The Hall–Kier alpha value is -1.82. The second kappa shape index (κ2) is 5.66. The predicted octanol–water partition coefficient (Wildman–Crippen LogP) is 5.49. The van der Waals surface area contributed by atoms with Crippen molar-refractivity contribution in [2.75, 3.05) is 0 Å². The lowest BCUT2D eigenvalue weighted by Gasteiger charge is -2.26. The van der Waals surface area contributed by atoms with Crippen LogP contribution in [0.4, 0.5) is 0 Å². The summed E-state index contributed by atoms with van der Waals surface area (Å²) in [5, 5.41) is 0. The minimum absolute atomic E-state index is 0.493. The van der Waals surface area contributed by atoms with Crippen molar-refractivity contribution in [1.29, 1.82) is 0 Å². The molecule has 0 aromatic heterocycles. The van der Waals surface area contributed by atoms with Crippen LogP contribution in [0, 0.1) is 12.8 Å². The summed E-state index contributed by atoms with van der Waals surface area (Å²) in [7, 11) is 0. The molecule has 2 aliphatic rings. The van der Waals surface area contributed by atoms with E-state index in [1.165, 1.54) is 35.1 Å². The van der Waals surface area contributed by atoms with Crippen molar-refractivity contribution in [2.24, 2.45) is 5.92 Å². The van der Waals surface area contributed by atoms with E-state index in [4.69, 9.17) is 0 Å². The molecule has 0 radical (unpaired) electrons. The predicted molar refractivity (Wildman–Crippen MR) is 86.8 cm³/mol. The number of benzene rings is 1. The lowest BCUT2D eigenvalue weighted by molar-refractivity contribution is 0.628. The second-order valence-electron chi connectivity index (χ2n) is 5.86. The summed E-state index contributed by atoms with van der Waals surface area (Å²) in [4.78, 5) is 0. The molecular formula is C20H22. The Bertz CT molecular complexity index is 611.